The summed E-state index contributed by atoms with van der Waals surface area (Å²) in [5.74, 6) is 0.210. The van der Waals surface area contributed by atoms with Crippen molar-refractivity contribution in [2.45, 2.75) is 38.4 Å². The molecule has 7 heteroatoms. The fourth-order valence-electron chi connectivity index (χ4n) is 5.11. The molecule has 1 amide bonds. The van der Waals surface area contributed by atoms with Gasteiger partial charge < -0.3 is 4.90 Å². The van der Waals surface area contributed by atoms with Crippen molar-refractivity contribution in [3.8, 4) is 16.1 Å². The molecule has 2 aromatic heterocycles. The number of aromatic nitrogens is 2. The number of hydrogen-bond acceptors (Lipinski definition) is 5. The number of para-hydroxylation sites is 1. The third-order valence-electron chi connectivity index (χ3n) is 6.98. The molecular weight excluding hydrogens is 510 g/mol. The summed E-state index contributed by atoms with van der Waals surface area (Å²) < 4.78 is 2.30. The standard InChI is InChI=1S/C31H27N3O2S2/c1-19-13-14-20(2)26(15-19)34-30(36)29-24(17-27(38-29)22-9-5-4-6-10-22)32-31(34)37-18-28(35)33-21(3)16-23-11-7-8-12-25(23)33/h4-15,17,21H,16,18H2,1-3H3/t21-/m0/s1. The van der Waals surface area contributed by atoms with E-state index in [4.69, 9.17) is 4.98 Å². The Morgan fingerprint density at radius 2 is 1.76 bits per heavy atom. The number of carbonyl (C=O) groups is 1. The van der Waals surface area contributed by atoms with Gasteiger partial charge in [0.2, 0.25) is 5.91 Å². The van der Waals surface area contributed by atoms with E-state index < -0.39 is 0 Å². The van der Waals surface area contributed by atoms with Gasteiger partial charge in [0.15, 0.2) is 5.16 Å². The molecule has 1 aliphatic heterocycles. The van der Waals surface area contributed by atoms with Gasteiger partial charge in [-0.3, -0.25) is 14.2 Å². The van der Waals surface area contributed by atoms with Gasteiger partial charge in [0.05, 0.1) is 17.0 Å². The molecule has 3 aromatic carbocycles. The monoisotopic (exact) mass is 537 g/mol. The first kappa shape index (κ1) is 24.6. The summed E-state index contributed by atoms with van der Waals surface area (Å²) in [7, 11) is 0. The van der Waals surface area contributed by atoms with Crippen LogP contribution in [0.2, 0.25) is 0 Å². The van der Waals surface area contributed by atoms with Crippen LogP contribution in [-0.2, 0) is 11.2 Å². The molecule has 0 saturated heterocycles. The molecule has 0 N–H and O–H groups in total. The lowest BCUT2D eigenvalue weighted by atomic mass is 10.1. The van der Waals surface area contributed by atoms with Crippen molar-refractivity contribution in [2.24, 2.45) is 0 Å². The van der Waals surface area contributed by atoms with E-state index in [-0.39, 0.29) is 23.3 Å². The minimum Gasteiger partial charge on any atom is -0.308 e. The zero-order valence-corrected chi connectivity index (χ0v) is 23.1. The average Bonchev–Trinajstić information content (AvgIpc) is 3.50. The molecule has 0 aliphatic carbocycles. The number of nitrogens with zero attached hydrogens (tertiary/aromatic N) is 3. The summed E-state index contributed by atoms with van der Waals surface area (Å²) >= 11 is 2.79. The summed E-state index contributed by atoms with van der Waals surface area (Å²) in [5.41, 5.74) is 6.62. The highest BCUT2D eigenvalue weighted by molar-refractivity contribution is 7.99. The Kier molecular flexibility index (Phi) is 6.41. The van der Waals surface area contributed by atoms with Crippen molar-refractivity contribution in [1.82, 2.24) is 9.55 Å². The molecule has 0 radical (unpaired) electrons. The number of fused-ring (bicyclic) bond motifs is 2. The first-order valence-corrected chi connectivity index (χ1v) is 14.4. The summed E-state index contributed by atoms with van der Waals surface area (Å²) in [4.78, 5) is 35.3. The Morgan fingerprint density at radius 1 is 1.00 bits per heavy atom. The highest BCUT2D eigenvalue weighted by Gasteiger charge is 2.31. The van der Waals surface area contributed by atoms with Crippen LogP contribution in [-0.4, -0.2) is 27.3 Å². The molecule has 5 nitrogen and oxygen atoms in total. The largest absolute Gasteiger partial charge is 0.308 e. The van der Waals surface area contributed by atoms with Crippen LogP contribution in [0.25, 0.3) is 26.3 Å². The second-order valence-electron chi connectivity index (χ2n) is 9.75. The minimum atomic E-state index is -0.106. The Hall–Kier alpha value is -3.68. The van der Waals surface area contributed by atoms with Crippen LogP contribution in [0, 0.1) is 13.8 Å². The molecule has 0 saturated carbocycles. The lowest BCUT2D eigenvalue weighted by molar-refractivity contribution is -0.116. The second-order valence-corrected chi connectivity index (χ2v) is 11.7. The van der Waals surface area contributed by atoms with Crippen LogP contribution in [0.15, 0.2) is 88.8 Å². The maximum Gasteiger partial charge on any atom is 0.276 e. The minimum absolute atomic E-state index is 0.0182. The second kappa shape index (κ2) is 9.89. The normalized spacial score (nSPS) is 14.7. The molecule has 38 heavy (non-hydrogen) atoms. The van der Waals surface area contributed by atoms with Crippen molar-refractivity contribution in [3.63, 3.8) is 0 Å². The molecule has 6 rings (SSSR count). The fraction of sp³-hybridized carbons (Fsp3) is 0.194. The highest BCUT2D eigenvalue weighted by atomic mass is 32.2. The average molecular weight is 538 g/mol. The number of carbonyl (C=O) groups excluding carboxylic acids is 1. The number of rotatable bonds is 5. The van der Waals surface area contributed by atoms with Crippen LogP contribution in [0.1, 0.15) is 23.6 Å². The van der Waals surface area contributed by atoms with E-state index in [1.165, 1.54) is 28.7 Å². The van der Waals surface area contributed by atoms with Crippen LogP contribution in [0.4, 0.5) is 5.69 Å². The van der Waals surface area contributed by atoms with Gasteiger partial charge in [0.25, 0.3) is 5.56 Å². The van der Waals surface area contributed by atoms with Gasteiger partial charge in [-0.15, -0.1) is 11.3 Å². The maximum absolute atomic E-state index is 14.0. The van der Waals surface area contributed by atoms with Gasteiger partial charge in [-0.25, -0.2) is 4.98 Å². The van der Waals surface area contributed by atoms with E-state index in [0.717, 1.165) is 39.4 Å². The molecule has 3 heterocycles. The van der Waals surface area contributed by atoms with Crippen LogP contribution in [0.3, 0.4) is 0 Å². The molecule has 0 bridgehead atoms. The third-order valence-corrected chi connectivity index (χ3v) is 9.07. The molecule has 1 atom stereocenters. The summed E-state index contributed by atoms with van der Waals surface area (Å²) in [6, 6.07) is 26.3. The number of aryl methyl sites for hydroxylation is 2. The van der Waals surface area contributed by atoms with E-state index in [0.29, 0.717) is 15.4 Å². The predicted molar refractivity (Wildman–Crippen MR) is 158 cm³/mol. The molecule has 0 unspecified atom stereocenters. The molecule has 0 fully saturated rings. The first-order valence-electron chi connectivity index (χ1n) is 12.6. The van der Waals surface area contributed by atoms with Gasteiger partial charge >= 0.3 is 0 Å². The van der Waals surface area contributed by atoms with E-state index in [1.54, 1.807) is 4.57 Å². The van der Waals surface area contributed by atoms with Gasteiger partial charge in [-0.1, -0.05) is 72.4 Å². The van der Waals surface area contributed by atoms with E-state index in [2.05, 4.69) is 13.0 Å². The van der Waals surface area contributed by atoms with Gasteiger partial charge in [0.1, 0.15) is 4.70 Å². The molecule has 1 aliphatic rings. The Bertz CT molecular complexity index is 1740. The SMILES string of the molecule is Cc1ccc(C)c(-n2c(SCC(=O)N3c4ccccc4C[C@@H]3C)nc3cc(-c4ccccc4)sc3c2=O)c1. The summed E-state index contributed by atoms with van der Waals surface area (Å²) in [6.07, 6.45) is 0.848. The molecule has 0 spiro atoms. The number of amides is 1. The fourth-order valence-corrected chi connectivity index (χ4v) is 7.01. The summed E-state index contributed by atoms with van der Waals surface area (Å²) in [6.45, 7) is 6.09. The Balaban J connectivity index is 1.43. The van der Waals surface area contributed by atoms with E-state index >= 15 is 0 Å². The van der Waals surface area contributed by atoms with Gasteiger partial charge in [0, 0.05) is 16.6 Å². The van der Waals surface area contributed by atoms with Crippen molar-refractivity contribution >= 4 is 44.9 Å². The zero-order chi connectivity index (χ0) is 26.4. The highest BCUT2D eigenvalue weighted by Crippen LogP contribution is 2.35. The number of anilines is 1. The Morgan fingerprint density at radius 3 is 2.58 bits per heavy atom. The number of benzene rings is 3. The lowest BCUT2D eigenvalue weighted by Crippen LogP contribution is -2.37. The Labute approximate surface area is 229 Å². The third kappa shape index (κ3) is 4.36. The predicted octanol–water partition coefficient (Wildman–Crippen LogP) is 6.80. The van der Waals surface area contributed by atoms with Crippen molar-refractivity contribution in [2.75, 3.05) is 10.7 Å². The smallest absolute Gasteiger partial charge is 0.276 e. The van der Waals surface area contributed by atoms with Crippen LogP contribution < -0.4 is 10.5 Å². The number of thiophene rings is 1. The lowest BCUT2D eigenvalue weighted by Gasteiger charge is -2.23. The summed E-state index contributed by atoms with van der Waals surface area (Å²) in [5, 5.41) is 0.530. The van der Waals surface area contributed by atoms with Gasteiger partial charge in [-0.05, 0) is 67.6 Å². The number of hydrogen-bond donors (Lipinski definition) is 0. The zero-order valence-electron chi connectivity index (χ0n) is 21.5. The molecule has 190 valence electrons. The molecule has 5 aromatic rings. The van der Waals surface area contributed by atoms with Crippen LogP contribution >= 0.6 is 23.1 Å². The van der Waals surface area contributed by atoms with Crippen molar-refractivity contribution < 1.29 is 4.79 Å². The molecular formula is C31H27N3O2S2. The van der Waals surface area contributed by atoms with Crippen molar-refractivity contribution in [3.05, 3.63) is 106 Å². The van der Waals surface area contributed by atoms with E-state index in [1.807, 2.05) is 91.5 Å². The van der Waals surface area contributed by atoms with Gasteiger partial charge in [-0.2, -0.15) is 0 Å². The van der Waals surface area contributed by atoms with Crippen molar-refractivity contribution in [1.29, 1.82) is 0 Å². The quantitative estimate of drug-likeness (QED) is 0.183. The number of thioether (sulfide) groups is 1. The van der Waals surface area contributed by atoms with E-state index in [9.17, 15) is 9.59 Å². The topological polar surface area (TPSA) is 55.2 Å². The van der Waals surface area contributed by atoms with Crippen LogP contribution in [0.5, 0.6) is 0 Å². The first-order chi connectivity index (χ1) is 18.4. The maximum atomic E-state index is 14.0.